The fourth-order valence-corrected chi connectivity index (χ4v) is 5.23. The van der Waals surface area contributed by atoms with E-state index in [9.17, 15) is 0 Å². The molecule has 2 aromatic heterocycles. The summed E-state index contributed by atoms with van der Waals surface area (Å²) in [4.78, 5) is 22.4. The predicted molar refractivity (Wildman–Crippen MR) is 170 cm³/mol. The van der Waals surface area contributed by atoms with Crippen molar-refractivity contribution >= 4 is 45.4 Å². The molecule has 0 aliphatic rings. The van der Waals surface area contributed by atoms with Crippen molar-refractivity contribution in [3.05, 3.63) is 158 Å². The predicted octanol–water partition coefficient (Wildman–Crippen LogP) is 9.03. The third-order valence-electron chi connectivity index (χ3n) is 7.11. The van der Waals surface area contributed by atoms with Crippen LogP contribution in [0.25, 0.3) is 21.9 Å². The third-order valence-corrected chi connectivity index (χ3v) is 7.11. The SMILES string of the molecule is c1ccc(N(c2ccc(-c3ccc(N(c4ccccc4)c4ncccn4)c4ccccc34)cc2)c2ncccn2)cc1. The number of nitrogens with zero attached hydrogens (tertiary/aromatic N) is 6. The Morgan fingerprint density at radius 2 is 0.833 bits per heavy atom. The third kappa shape index (κ3) is 4.82. The normalized spacial score (nSPS) is 10.9. The van der Waals surface area contributed by atoms with Crippen LogP contribution in [-0.2, 0) is 0 Å². The van der Waals surface area contributed by atoms with Gasteiger partial charge in [0.1, 0.15) is 0 Å². The van der Waals surface area contributed by atoms with Crippen LogP contribution in [-0.4, -0.2) is 19.9 Å². The lowest BCUT2D eigenvalue weighted by Gasteiger charge is -2.25. The van der Waals surface area contributed by atoms with Crippen molar-refractivity contribution in [2.45, 2.75) is 0 Å². The van der Waals surface area contributed by atoms with Gasteiger partial charge in [-0.3, -0.25) is 9.80 Å². The minimum absolute atomic E-state index is 0.620. The van der Waals surface area contributed by atoms with E-state index in [1.165, 1.54) is 0 Å². The average molecular weight is 543 g/mol. The van der Waals surface area contributed by atoms with Gasteiger partial charge in [0.05, 0.1) is 5.69 Å². The van der Waals surface area contributed by atoms with E-state index in [-0.39, 0.29) is 0 Å². The van der Waals surface area contributed by atoms with Gasteiger partial charge in [0, 0.05) is 47.2 Å². The van der Waals surface area contributed by atoms with Gasteiger partial charge < -0.3 is 0 Å². The van der Waals surface area contributed by atoms with Crippen LogP contribution in [0.15, 0.2) is 158 Å². The molecular formula is C36H26N6. The van der Waals surface area contributed by atoms with Gasteiger partial charge in [-0.25, -0.2) is 19.9 Å². The molecule has 0 aliphatic heterocycles. The highest BCUT2D eigenvalue weighted by Crippen LogP contribution is 2.41. The smallest absolute Gasteiger partial charge is 0.234 e. The Bertz CT molecular complexity index is 1830. The lowest BCUT2D eigenvalue weighted by molar-refractivity contribution is 1.08. The van der Waals surface area contributed by atoms with Crippen molar-refractivity contribution in [2.75, 3.05) is 9.80 Å². The van der Waals surface area contributed by atoms with Crippen molar-refractivity contribution in [3.63, 3.8) is 0 Å². The van der Waals surface area contributed by atoms with Crippen molar-refractivity contribution in [1.82, 2.24) is 19.9 Å². The summed E-state index contributed by atoms with van der Waals surface area (Å²) in [6.45, 7) is 0. The Balaban J connectivity index is 1.32. The molecule has 0 aliphatic carbocycles. The maximum atomic E-state index is 4.60. The van der Waals surface area contributed by atoms with E-state index in [1.54, 1.807) is 24.8 Å². The fourth-order valence-electron chi connectivity index (χ4n) is 5.23. The number of anilines is 6. The van der Waals surface area contributed by atoms with Gasteiger partial charge in [0.25, 0.3) is 0 Å². The highest BCUT2D eigenvalue weighted by molar-refractivity contribution is 6.05. The standard InChI is InChI=1S/C36H26N6/c1-3-11-28(12-4-1)41(35-37-23-9-24-38-35)30-19-17-27(18-20-30)31-21-22-34(33-16-8-7-15-32(31)33)42(29-13-5-2-6-14-29)36-39-25-10-26-40-36/h1-26H. The molecular weight excluding hydrogens is 516 g/mol. The summed E-state index contributed by atoms with van der Waals surface area (Å²) in [5.74, 6) is 1.24. The number of fused-ring (bicyclic) bond motifs is 1. The van der Waals surface area contributed by atoms with Gasteiger partial charge in [-0.05, 0) is 71.1 Å². The molecule has 0 N–H and O–H groups in total. The average Bonchev–Trinajstić information content (AvgIpc) is 3.07. The highest BCUT2D eigenvalue weighted by atomic mass is 15.3. The first kappa shape index (κ1) is 25.1. The van der Waals surface area contributed by atoms with E-state index in [4.69, 9.17) is 0 Å². The van der Waals surface area contributed by atoms with Crippen molar-refractivity contribution < 1.29 is 0 Å². The molecule has 0 atom stereocenters. The molecule has 0 saturated heterocycles. The summed E-state index contributed by atoms with van der Waals surface area (Å²) in [6, 6.07) is 45.4. The topological polar surface area (TPSA) is 58.0 Å². The minimum Gasteiger partial charge on any atom is -0.279 e. The molecule has 2 heterocycles. The number of hydrogen-bond acceptors (Lipinski definition) is 6. The monoisotopic (exact) mass is 542 g/mol. The van der Waals surface area contributed by atoms with E-state index in [2.05, 4.69) is 115 Å². The molecule has 0 unspecified atom stereocenters. The zero-order chi connectivity index (χ0) is 28.1. The van der Waals surface area contributed by atoms with Crippen LogP contribution in [0.5, 0.6) is 0 Å². The number of hydrogen-bond donors (Lipinski definition) is 0. The van der Waals surface area contributed by atoms with Crippen LogP contribution in [0.4, 0.5) is 34.6 Å². The van der Waals surface area contributed by atoms with Gasteiger partial charge in [-0.2, -0.15) is 0 Å². The van der Waals surface area contributed by atoms with E-state index in [1.807, 2.05) is 48.5 Å². The van der Waals surface area contributed by atoms with Crippen LogP contribution < -0.4 is 9.80 Å². The summed E-state index contributed by atoms with van der Waals surface area (Å²) in [5, 5.41) is 2.25. The van der Waals surface area contributed by atoms with Gasteiger partial charge in [-0.15, -0.1) is 0 Å². The van der Waals surface area contributed by atoms with E-state index < -0.39 is 0 Å². The second kappa shape index (κ2) is 11.3. The van der Waals surface area contributed by atoms with Gasteiger partial charge >= 0.3 is 0 Å². The first-order valence-corrected chi connectivity index (χ1v) is 13.7. The van der Waals surface area contributed by atoms with Crippen molar-refractivity contribution in [2.24, 2.45) is 0 Å². The highest BCUT2D eigenvalue weighted by Gasteiger charge is 2.19. The first-order valence-electron chi connectivity index (χ1n) is 13.7. The van der Waals surface area contributed by atoms with E-state index in [0.717, 1.165) is 44.6 Å². The Morgan fingerprint density at radius 3 is 1.43 bits per heavy atom. The van der Waals surface area contributed by atoms with Crippen LogP contribution in [0, 0.1) is 0 Å². The second-order valence-corrected chi connectivity index (χ2v) is 9.66. The maximum absolute atomic E-state index is 4.60. The first-order chi connectivity index (χ1) is 20.9. The summed E-state index contributed by atoms with van der Waals surface area (Å²) in [6.07, 6.45) is 7.07. The summed E-state index contributed by atoms with van der Waals surface area (Å²) >= 11 is 0. The van der Waals surface area contributed by atoms with E-state index >= 15 is 0 Å². The molecule has 5 aromatic carbocycles. The lowest BCUT2D eigenvalue weighted by Crippen LogP contribution is -2.13. The van der Waals surface area contributed by atoms with Gasteiger partial charge in [0.2, 0.25) is 11.9 Å². The Hall–Kier alpha value is -5.88. The quantitative estimate of drug-likeness (QED) is 0.200. The summed E-state index contributed by atoms with van der Waals surface area (Å²) < 4.78 is 0. The zero-order valence-electron chi connectivity index (χ0n) is 22.7. The van der Waals surface area contributed by atoms with Crippen LogP contribution in [0.1, 0.15) is 0 Å². The number of rotatable bonds is 7. The number of aromatic nitrogens is 4. The molecule has 200 valence electrons. The molecule has 42 heavy (non-hydrogen) atoms. The molecule has 0 spiro atoms. The number of benzene rings is 5. The fraction of sp³-hybridized carbons (Fsp3) is 0. The van der Waals surface area contributed by atoms with Crippen LogP contribution in [0.3, 0.4) is 0 Å². The molecule has 7 rings (SSSR count). The maximum Gasteiger partial charge on any atom is 0.234 e. The van der Waals surface area contributed by atoms with E-state index in [0.29, 0.717) is 11.9 Å². The lowest BCUT2D eigenvalue weighted by atomic mass is 9.96. The Morgan fingerprint density at radius 1 is 0.357 bits per heavy atom. The Labute approximate surface area is 244 Å². The van der Waals surface area contributed by atoms with Crippen LogP contribution >= 0.6 is 0 Å². The summed E-state index contributed by atoms with van der Waals surface area (Å²) in [5.41, 5.74) is 6.25. The molecule has 0 radical (unpaired) electrons. The molecule has 0 fully saturated rings. The molecule has 0 saturated carbocycles. The summed E-state index contributed by atoms with van der Waals surface area (Å²) in [7, 11) is 0. The molecule has 6 nitrogen and oxygen atoms in total. The number of para-hydroxylation sites is 2. The second-order valence-electron chi connectivity index (χ2n) is 9.66. The molecule has 0 amide bonds. The van der Waals surface area contributed by atoms with Crippen molar-refractivity contribution in [1.29, 1.82) is 0 Å². The molecule has 7 aromatic rings. The van der Waals surface area contributed by atoms with Crippen molar-refractivity contribution in [3.8, 4) is 11.1 Å². The molecule has 6 heteroatoms. The molecule has 0 bridgehead atoms. The zero-order valence-corrected chi connectivity index (χ0v) is 22.7. The largest absolute Gasteiger partial charge is 0.279 e. The Kier molecular flexibility index (Phi) is 6.76. The minimum atomic E-state index is 0.620. The van der Waals surface area contributed by atoms with Gasteiger partial charge in [0.15, 0.2) is 0 Å². The van der Waals surface area contributed by atoms with Gasteiger partial charge in [-0.1, -0.05) is 78.9 Å². The van der Waals surface area contributed by atoms with Crippen LogP contribution in [0.2, 0.25) is 0 Å².